The van der Waals surface area contributed by atoms with Crippen LogP contribution in [0, 0.1) is 0 Å². The number of halogens is 2. The standard InChI is InChI=1S/C18H24N4O2S.2ClH/c1-22(2)11-16-20-14(12-25-16)17(24)21-18(8-9-19-10-15(18)23)13-6-4-3-5-7-13;;/h3-7,12,15,19,23H,8-11H2,1-2H3,(H,21,24);2*1H/t15-,18+;;/m1../s1. The third-order valence-electron chi connectivity index (χ3n) is 4.46. The SMILES string of the molecule is CN(C)Cc1nc(C(=O)N[C@]2(c3ccccc3)CCNC[C@H]2O)cs1.Cl.Cl. The van der Waals surface area contributed by atoms with Crippen LogP contribution in [-0.2, 0) is 12.1 Å². The predicted octanol–water partition coefficient (Wildman–Crippen LogP) is 2.03. The molecule has 3 N–H and O–H groups in total. The Balaban J connectivity index is 0.00000182. The molecule has 6 nitrogen and oxygen atoms in total. The van der Waals surface area contributed by atoms with E-state index >= 15 is 0 Å². The molecule has 1 saturated heterocycles. The van der Waals surface area contributed by atoms with Gasteiger partial charge < -0.3 is 20.6 Å². The zero-order chi connectivity index (χ0) is 17.9. The van der Waals surface area contributed by atoms with E-state index in [4.69, 9.17) is 0 Å². The average molecular weight is 433 g/mol. The number of nitrogens with one attached hydrogen (secondary N) is 2. The Bertz CT molecular complexity index is 729. The molecule has 1 aromatic carbocycles. The second-order valence-electron chi connectivity index (χ2n) is 6.63. The summed E-state index contributed by atoms with van der Waals surface area (Å²) in [7, 11) is 3.94. The molecule has 2 atom stereocenters. The maximum atomic E-state index is 12.8. The van der Waals surface area contributed by atoms with E-state index in [1.807, 2.05) is 49.3 Å². The summed E-state index contributed by atoms with van der Waals surface area (Å²) in [6, 6.07) is 9.69. The highest BCUT2D eigenvalue weighted by Gasteiger charge is 2.43. The van der Waals surface area contributed by atoms with Crippen molar-refractivity contribution in [2.45, 2.75) is 24.6 Å². The second kappa shape index (κ2) is 10.4. The molecule has 1 aliphatic heterocycles. The number of carbonyl (C=O) groups is 1. The number of carbonyl (C=O) groups excluding carboxylic acids is 1. The molecule has 2 aromatic rings. The van der Waals surface area contributed by atoms with E-state index < -0.39 is 11.6 Å². The summed E-state index contributed by atoms with van der Waals surface area (Å²) < 4.78 is 0. The summed E-state index contributed by atoms with van der Waals surface area (Å²) in [4.78, 5) is 19.3. The van der Waals surface area contributed by atoms with Crippen LogP contribution < -0.4 is 10.6 Å². The van der Waals surface area contributed by atoms with Gasteiger partial charge >= 0.3 is 0 Å². The normalized spacial score (nSPS) is 21.9. The molecular formula is C18H26Cl2N4O2S. The number of piperidine rings is 1. The Hall–Kier alpha value is -1.22. The first-order chi connectivity index (χ1) is 12.0. The molecule has 150 valence electrons. The lowest BCUT2D eigenvalue weighted by molar-refractivity contribution is 0.0288. The van der Waals surface area contributed by atoms with E-state index in [9.17, 15) is 9.90 Å². The van der Waals surface area contributed by atoms with Gasteiger partial charge in [-0.1, -0.05) is 30.3 Å². The lowest BCUT2D eigenvalue weighted by Gasteiger charge is -2.42. The van der Waals surface area contributed by atoms with Crippen LogP contribution in [0.3, 0.4) is 0 Å². The van der Waals surface area contributed by atoms with Gasteiger partial charge in [-0.3, -0.25) is 4.79 Å². The summed E-state index contributed by atoms with van der Waals surface area (Å²) in [6.07, 6.45) is -0.0778. The molecule has 9 heteroatoms. The van der Waals surface area contributed by atoms with Crippen molar-refractivity contribution in [1.29, 1.82) is 0 Å². The third kappa shape index (κ3) is 5.40. The Morgan fingerprint density at radius 3 is 2.70 bits per heavy atom. The van der Waals surface area contributed by atoms with E-state index in [0.29, 0.717) is 25.2 Å². The number of aliphatic hydroxyl groups is 1. The minimum absolute atomic E-state index is 0. The Morgan fingerprint density at radius 2 is 2.07 bits per heavy atom. The van der Waals surface area contributed by atoms with Gasteiger partial charge in [-0.25, -0.2) is 4.98 Å². The molecule has 1 aliphatic rings. The highest BCUT2D eigenvalue weighted by atomic mass is 35.5. The topological polar surface area (TPSA) is 77.5 Å². The minimum atomic E-state index is -0.797. The monoisotopic (exact) mass is 432 g/mol. The van der Waals surface area contributed by atoms with Crippen LogP contribution in [0.5, 0.6) is 0 Å². The summed E-state index contributed by atoms with van der Waals surface area (Å²) in [5.74, 6) is -0.244. The molecule has 1 amide bonds. The fourth-order valence-electron chi connectivity index (χ4n) is 3.18. The Morgan fingerprint density at radius 1 is 1.37 bits per heavy atom. The van der Waals surface area contributed by atoms with Gasteiger partial charge in [0.25, 0.3) is 5.91 Å². The first-order valence-corrected chi connectivity index (χ1v) is 9.25. The van der Waals surface area contributed by atoms with E-state index in [-0.39, 0.29) is 30.7 Å². The van der Waals surface area contributed by atoms with Gasteiger partial charge in [0.15, 0.2) is 0 Å². The fraction of sp³-hybridized carbons (Fsp3) is 0.444. The lowest BCUT2D eigenvalue weighted by Crippen LogP contribution is -2.61. The summed E-state index contributed by atoms with van der Waals surface area (Å²) in [5.41, 5.74) is 0.526. The van der Waals surface area contributed by atoms with Gasteiger partial charge in [-0.15, -0.1) is 36.2 Å². The Labute approximate surface area is 176 Å². The number of aromatic nitrogens is 1. The molecule has 0 radical (unpaired) electrons. The van der Waals surface area contributed by atoms with Crippen molar-refractivity contribution >= 4 is 42.1 Å². The maximum absolute atomic E-state index is 12.8. The molecule has 2 heterocycles. The second-order valence-corrected chi connectivity index (χ2v) is 7.57. The third-order valence-corrected chi connectivity index (χ3v) is 5.30. The van der Waals surface area contributed by atoms with Crippen LogP contribution >= 0.6 is 36.2 Å². The molecule has 0 spiro atoms. The van der Waals surface area contributed by atoms with Crippen molar-refractivity contribution in [2.75, 3.05) is 27.2 Å². The quantitative estimate of drug-likeness (QED) is 0.673. The van der Waals surface area contributed by atoms with Crippen LogP contribution in [0.2, 0.25) is 0 Å². The molecule has 1 aromatic heterocycles. The van der Waals surface area contributed by atoms with Crippen molar-refractivity contribution < 1.29 is 9.90 Å². The highest BCUT2D eigenvalue weighted by molar-refractivity contribution is 7.09. The number of hydrogen-bond donors (Lipinski definition) is 3. The van der Waals surface area contributed by atoms with Gasteiger partial charge in [-0.05, 0) is 32.6 Å². The number of hydrogen-bond acceptors (Lipinski definition) is 6. The van der Waals surface area contributed by atoms with Crippen molar-refractivity contribution in [1.82, 2.24) is 20.5 Å². The number of benzene rings is 1. The van der Waals surface area contributed by atoms with Crippen LogP contribution in [-0.4, -0.2) is 54.2 Å². The van der Waals surface area contributed by atoms with E-state index in [2.05, 4.69) is 15.6 Å². The van der Waals surface area contributed by atoms with Crippen molar-refractivity contribution in [3.05, 3.63) is 52.0 Å². The van der Waals surface area contributed by atoms with Gasteiger partial charge in [0.2, 0.25) is 0 Å². The summed E-state index contributed by atoms with van der Waals surface area (Å²) in [5, 5.41) is 19.6. The van der Waals surface area contributed by atoms with Crippen molar-refractivity contribution in [3.8, 4) is 0 Å². The van der Waals surface area contributed by atoms with E-state index in [1.165, 1.54) is 11.3 Å². The van der Waals surface area contributed by atoms with Crippen LogP contribution in [0.25, 0.3) is 0 Å². The molecular weight excluding hydrogens is 407 g/mol. The van der Waals surface area contributed by atoms with Crippen molar-refractivity contribution in [3.63, 3.8) is 0 Å². The highest BCUT2D eigenvalue weighted by Crippen LogP contribution is 2.31. The van der Waals surface area contributed by atoms with Crippen LogP contribution in [0.15, 0.2) is 35.7 Å². The Kier molecular flexibility index (Phi) is 9.14. The first-order valence-electron chi connectivity index (χ1n) is 8.37. The largest absolute Gasteiger partial charge is 0.389 e. The van der Waals surface area contributed by atoms with Gasteiger partial charge in [-0.2, -0.15) is 0 Å². The number of β-amino-alcohol motifs (C(OH)–C–C–N with tert-alkyl or cyclic N) is 1. The maximum Gasteiger partial charge on any atom is 0.271 e. The zero-order valence-corrected chi connectivity index (χ0v) is 17.8. The minimum Gasteiger partial charge on any atom is -0.389 e. The lowest BCUT2D eigenvalue weighted by atomic mass is 9.79. The molecule has 0 unspecified atom stereocenters. The summed E-state index contributed by atoms with van der Waals surface area (Å²) in [6.45, 7) is 1.88. The smallest absolute Gasteiger partial charge is 0.271 e. The molecule has 0 bridgehead atoms. The number of amides is 1. The zero-order valence-electron chi connectivity index (χ0n) is 15.3. The molecule has 0 saturated carbocycles. The molecule has 3 rings (SSSR count). The molecule has 27 heavy (non-hydrogen) atoms. The number of thiazole rings is 1. The predicted molar refractivity (Wildman–Crippen MR) is 113 cm³/mol. The molecule has 0 aliphatic carbocycles. The van der Waals surface area contributed by atoms with Gasteiger partial charge in [0.05, 0.1) is 11.6 Å². The molecule has 1 fully saturated rings. The number of nitrogens with zero attached hydrogens (tertiary/aromatic N) is 2. The van der Waals surface area contributed by atoms with Crippen LogP contribution in [0.1, 0.15) is 27.5 Å². The van der Waals surface area contributed by atoms with E-state index in [0.717, 1.165) is 17.1 Å². The number of rotatable bonds is 5. The van der Waals surface area contributed by atoms with Crippen LogP contribution in [0.4, 0.5) is 0 Å². The first kappa shape index (κ1) is 23.8. The van der Waals surface area contributed by atoms with Gasteiger partial charge in [0, 0.05) is 18.5 Å². The average Bonchev–Trinajstić information content (AvgIpc) is 3.05. The fourth-order valence-corrected chi connectivity index (χ4v) is 4.07. The van der Waals surface area contributed by atoms with E-state index in [1.54, 1.807) is 5.38 Å². The van der Waals surface area contributed by atoms with Crippen molar-refractivity contribution in [2.24, 2.45) is 0 Å². The number of aliphatic hydroxyl groups excluding tert-OH is 1. The summed E-state index contributed by atoms with van der Waals surface area (Å²) >= 11 is 1.48. The van der Waals surface area contributed by atoms with Gasteiger partial charge in [0.1, 0.15) is 10.7 Å².